The van der Waals surface area contributed by atoms with E-state index in [-0.39, 0.29) is 18.3 Å². The number of hydrogen-bond acceptors (Lipinski definition) is 5. The number of imidazole rings is 1. The zero-order chi connectivity index (χ0) is 18.1. The van der Waals surface area contributed by atoms with Gasteiger partial charge >= 0.3 is 0 Å². The molecule has 1 amide bonds. The number of amides is 1. The van der Waals surface area contributed by atoms with E-state index in [1.54, 1.807) is 12.1 Å². The molecular formula is C16H17ClFN5O2. The molecule has 132 valence electrons. The van der Waals surface area contributed by atoms with E-state index in [0.717, 1.165) is 4.40 Å². The van der Waals surface area contributed by atoms with Gasteiger partial charge in [-0.3, -0.25) is 9.20 Å². The number of hydrogen-bond donors (Lipinski definition) is 0. The summed E-state index contributed by atoms with van der Waals surface area (Å²) < 4.78 is 21.2. The van der Waals surface area contributed by atoms with Gasteiger partial charge in [0.25, 0.3) is 5.91 Å². The summed E-state index contributed by atoms with van der Waals surface area (Å²) in [6.07, 6.45) is 1.98. The number of aryl methyl sites for hydroxylation is 1. The molecule has 0 saturated carbocycles. The van der Waals surface area contributed by atoms with Crippen molar-refractivity contribution in [1.29, 1.82) is 0 Å². The Labute approximate surface area is 148 Å². The van der Waals surface area contributed by atoms with Crippen LogP contribution in [-0.4, -0.2) is 36.4 Å². The highest BCUT2D eigenvalue weighted by molar-refractivity contribution is 6.30. The van der Waals surface area contributed by atoms with E-state index in [1.807, 2.05) is 20.8 Å². The van der Waals surface area contributed by atoms with Crippen molar-refractivity contribution in [3.8, 4) is 0 Å². The van der Waals surface area contributed by atoms with E-state index in [4.69, 9.17) is 16.0 Å². The summed E-state index contributed by atoms with van der Waals surface area (Å²) in [5.74, 6) is -0.526. The molecule has 0 bridgehead atoms. The lowest BCUT2D eigenvalue weighted by atomic mass is 10.2. The quantitative estimate of drug-likeness (QED) is 0.694. The van der Waals surface area contributed by atoms with Crippen molar-refractivity contribution >= 4 is 23.2 Å². The molecule has 0 radical (unpaired) electrons. The Bertz CT molecular complexity index is 921. The first-order chi connectivity index (χ1) is 11.9. The maximum atomic E-state index is 14.6. The molecule has 3 aromatic rings. The van der Waals surface area contributed by atoms with Crippen LogP contribution in [0, 0.1) is 5.95 Å². The number of carbonyl (C=O) groups excluding carboxylic acids is 1. The lowest BCUT2D eigenvalue weighted by molar-refractivity contribution is 0.0660. The molecule has 0 atom stereocenters. The fourth-order valence-corrected chi connectivity index (χ4v) is 2.55. The first kappa shape index (κ1) is 17.3. The second kappa shape index (κ2) is 6.79. The Balaban J connectivity index is 1.94. The fourth-order valence-electron chi connectivity index (χ4n) is 2.39. The minimum atomic E-state index is -0.757. The van der Waals surface area contributed by atoms with Gasteiger partial charge < -0.3 is 9.32 Å². The van der Waals surface area contributed by atoms with E-state index in [9.17, 15) is 9.18 Å². The molecule has 0 aromatic carbocycles. The molecule has 3 rings (SSSR count). The molecule has 0 N–H and O–H groups in total. The van der Waals surface area contributed by atoms with Crippen LogP contribution in [0.5, 0.6) is 0 Å². The minimum absolute atomic E-state index is 0.0809. The van der Waals surface area contributed by atoms with Gasteiger partial charge in [-0.1, -0.05) is 18.5 Å². The molecule has 25 heavy (non-hydrogen) atoms. The summed E-state index contributed by atoms with van der Waals surface area (Å²) in [5.41, 5.74) is 0.0335. The van der Waals surface area contributed by atoms with Crippen LogP contribution in [0.1, 0.15) is 43.0 Å². The highest BCUT2D eigenvalue weighted by atomic mass is 35.5. The van der Waals surface area contributed by atoms with Gasteiger partial charge in [-0.15, -0.1) is 10.2 Å². The van der Waals surface area contributed by atoms with Crippen molar-refractivity contribution in [3.05, 3.63) is 46.8 Å². The highest BCUT2D eigenvalue weighted by Gasteiger charge is 2.27. The molecule has 0 fully saturated rings. The number of carbonyl (C=O) groups is 1. The van der Waals surface area contributed by atoms with Crippen molar-refractivity contribution in [2.24, 2.45) is 0 Å². The van der Waals surface area contributed by atoms with Crippen LogP contribution in [0.3, 0.4) is 0 Å². The van der Waals surface area contributed by atoms with Crippen molar-refractivity contribution < 1.29 is 13.6 Å². The standard InChI is InChI=1S/C16H17ClFN5O2/c1-4-12-20-21-13(25-12)8-22(9(2)3)16(24)14-15(18)23-7-10(17)5-6-11(23)19-14/h5-7,9H,4,8H2,1-3H3. The molecule has 7 nitrogen and oxygen atoms in total. The number of pyridine rings is 1. The summed E-state index contributed by atoms with van der Waals surface area (Å²) in [5, 5.41) is 8.14. The number of fused-ring (bicyclic) bond motifs is 1. The number of rotatable bonds is 5. The maximum Gasteiger partial charge on any atom is 0.277 e. The zero-order valence-corrected chi connectivity index (χ0v) is 14.8. The summed E-state index contributed by atoms with van der Waals surface area (Å²) in [4.78, 5) is 18.4. The van der Waals surface area contributed by atoms with Gasteiger partial charge in [0.05, 0.1) is 11.6 Å². The molecule has 9 heteroatoms. The predicted octanol–water partition coefficient (Wildman–Crippen LogP) is 3.12. The number of aromatic nitrogens is 4. The summed E-state index contributed by atoms with van der Waals surface area (Å²) in [6, 6.07) is 2.92. The molecule has 3 heterocycles. The van der Waals surface area contributed by atoms with Crippen molar-refractivity contribution in [3.63, 3.8) is 0 Å². The second-order valence-corrected chi connectivity index (χ2v) is 6.23. The molecule has 0 spiro atoms. The summed E-state index contributed by atoms with van der Waals surface area (Å²) in [7, 11) is 0. The van der Waals surface area contributed by atoms with E-state index in [0.29, 0.717) is 28.9 Å². The van der Waals surface area contributed by atoms with Gasteiger partial charge in [0.1, 0.15) is 5.65 Å². The van der Waals surface area contributed by atoms with Gasteiger partial charge in [-0.2, -0.15) is 4.39 Å². The molecule has 0 aliphatic carbocycles. The lowest BCUT2D eigenvalue weighted by Crippen LogP contribution is -2.37. The van der Waals surface area contributed by atoms with Crippen molar-refractivity contribution in [2.45, 2.75) is 39.8 Å². The Hall–Kier alpha value is -2.48. The van der Waals surface area contributed by atoms with Crippen LogP contribution in [0.2, 0.25) is 5.02 Å². The molecule has 0 saturated heterocycles. The third-order valence-electron chi connectivity index (χ3n) is 3.73. The smallest absolute Gasteiger partial charge is 0.277 e. The van der Waals surface area contributed by atoms with E-state index in [1.165, 1.54) is 11.1 Å². The first-order valence-electron chi connectivity index (χ1n) is 7.86. The molecule has 0 aliphatic rings. The van der Waals surface area contributed by atoms with Gasteiger partial charge in [-0.05, 0) is 26.0 Å². The Morgan fingerprint density at radius 1 is 1.36 bits per heavy atom. The van der Waals surface area contributed by atoms with E-state index in [2.05, 4.69) is 15.2 Å². The zero-order valence-electron chi connectivity index (χ0n) is 14.0. The largest absolute Gasteiger partial charge is 0.423 e. The third-order valence-corrected chi connectivity index (χ3v) is 3.95. The van der Waals surface area contributed by atoms with Gasteiger partial charge in [0.2, 0.25) is 17.7 Å². The van der Waals surface area contributed by atoms with Crippen molar-refractivity contribution in [1.82, 2.24) is 24.5 Å². The Kier molecular flexibility index (Phi) is 4.71. The highest BCUT2D eigenvalue weighted by Crippen LogP contribution is 2.19. The molecule has 0 aliphatic heterocycles. The third kappa shape index (κ3) is 3.34. The number of nitrogens with zero attached hydrogens (tertiary/aromatic N) is 5. The van der Waals surface area contributed by atoms with Crippen molar-refractivity contribution in [2.75, 3.05) is 0 Å². The molecule has 0 unspecified atom stereocenters. The Morgan fingerprint density at radius 2 is 2.08 bits per heavy atom. The van der Waals surface area contributed by atoms with Crippen LogP contribution in [-0.2, 0) is 13.0 Å². The number of halogens is 2. The predicted molar refractivity (Wildman–Crippen MR) is 88.8 cm³/mol. The van der Waals surface area contributed by atoms with E-state index < -0.39 is 11.9 Å². The lowest BCUT2D eigenvalue weighted by Gasteiger charge is -2.24. The average Bonchev–Trinajstić information content (AvgIpc) is 3.17. The van der Waals surface area contributed by atoms with E-state index >= 15 is 0 Å². The topological polar surface area (TPSA) is 76.5 Å². The normalized spacial score (nSPS) is 11.4. The van der Waals surface area contributed by atoms with Crippen LogP contribution in [0.15, 0.2) is 22.7 Å². The molecule has 3 aromatic heterocycles. The SMILES string of the molecule is CCc1nnc(CN(C(=O)c2nc3ccc(Cl)cn3c2F)C(C)C)o1. The van der Waals surface area contributed by atoms with Crippen LogP contribution < -0.4 is 0 Å². The fraction of sp³-hybridized carbons (Fsp3) is 0.375. The van der Waals surface area contributed by atoms with Crippen LogP contribution >= 0.6 is 11.6 Å². The summed E-state index contributed by atoms with van der Waals surface area (Å²) >= 11 is 5.88. The van der Waals surface area contributed by atoms with Gasteiger partial charge in [0, 0.05) is 18.7 Å². The first-order valence-corrected chi connectivity index (χ1v) is 8.23. The summed E-state index contributed by atoms with van der Waals surface area (Å²) in [6.45, 7) is 5.61. The average molecular weight is 366 g/mol. The van der Waals surface area contributed by atoms with Gasteiger partial charge in [-0.25, -0.2) is 4.98 Å². The van der Waals surface area contributed by atoms with Gasteiger partial charge in [0.15, 0.2) is 5.69 Å². The second-order valence-electron chi connectivity index (χ2n) is 5.80. The minimum Gasteiger partial charge on any atom is -0.423 e. The maximum absolute atomic E-state index is 14.6. The molecular weight excluding hydrogens is 349 g/mol. The van der Waals surface area contributed by atoms with Crippen LogP contribution in [0.4, 0.5) is 4.39 Å². The van der Waals surface area contributed by atoms with Crippen LogP contribution in [0.25, 0.3) is 5.65 Å². The Morgan fingerprint density at radius 3 is 2.72 bits per heavy atom. The monoisotopic (exact) mass is 365 g/mol.